The topological polar surface area (TPSA) is 38.9 Å². The van der Waals surface area contributed by atoms with Crippen molar-refractivity contribution in [2.45, 2.75) is 31.1 Å². The van der Waals surface area contributed by atoms with Crippen LogP contribution in [0.3, 0.4) is 0 Å². The van der Waals surface area contributed by atoms with Crippen molar-refractivity contribution in [1.82, 2.24) is 4.98 Å². The van der Waals surface area contributed by atoms with Gasteiger partial charge in [-0.25, -0.2) is 4.98 Å². The van der Waals surface area contributed by atoms with E-state index in [1.165, 1.54) is 28.1 Å². The maximum absolute atomic E-state index is 5.27. The van der Waals surface area contributed by atoms with E-state index in [4.69, 9.17) is 5.14 Å². The number of hydrogen-bond donors (Lipinski definition) is 1. The summed E-state index contributed by atoms with van der Waals surface area (Å²) in [5.41, 5.74) is 1.66. The Hall–Kier alpha value is -1.36. The number of nitrogens with two attached hydrogens (primary N) is 1. The Morgan fingerprint density at radius 3 is 2.27 bits per heavy atom. The van der Waals surface area contributed by atoms with Gasteiger partial charge >= 0.3 is 0 Å². The number of thiazole rings is 1. The lowest BCUT2D eigenvalue weighted by molar-refractivity contribution is 0.621. The van der Waals surface area contributed by atoms with Crippen LogP contribution in [0, 0.1) is 5.41 Å². The van der Waals surface area contributed by atoms with Crippen molar-refractivity contribution in [1.29, 1.82) is 0 Å². The SMILES string of the molecule is CC1(C)CC1c1nc2ccccc2s1.NSc1ccccc1. The van der Waals surface area contributed by atoms with Gasteiger partial charge in [0.25, 0.3) is 0 Å². The Morgan fingerprint density at radius 1 is 1.09 bits per heavy atom. The largest absolute Gasteiger partial charge is 0.274 e. The van der Waals surface area contributed by atoms with Gasteiger partial charge in [0.15, 0.2) is 0 Å². The molecule has 3 aromatic rings. The Labute approximate surface area is 139 Å². The molecule has 1 atom stereocenters. The quantitative estimate of drug-likeness (QED) is 0.635. The average molecular weight is 329 g/mol. The summed E-state index contributed by atoms with van der Waals surface area (Å²) in [6.45, 7) is 4.65. The van der Waals surface area contributed by atoms with Crippen LogP contribution >= 0.6 is 23.3 Å². The molecule has 0 radical (unpaired) electrons. The van der Waals surface area contributed by atoms with Gasteiger partial charge in [-0.3, -0.25) is 5.14 Å². The van der Waals surface area contributed by atoms with E-state index in [9.17, 15) is 0 Å². The molecule has 1 aliphatic carbocycles. The Kier molecular flexibility index (Phi) is 4.52. The first kappa shape index (κ1) is 15.5. The zero-order valence-electron chi connectivity index (χ0n) is 12.8. The zero-order chi connectivity index (χ0) is 15.6. The lowest BCUT2D eigenvalue weighted by atomic mass is 10.1. The molecule has 0 spiro atoms. The van der Waals surface area contributed by atoms with Crippen LogP contribution in [0.2, 0.25) is 0 Å². The highest BCUT2D eigenvalue weighted by molar-refractivity contribution is 7.97. The Balaban J connectivity index is 0.000000154. The van der Waals surface area contributed by atoms with Crippen molar-refractivity contribution in [2.75, 3.05) is 0 Å². The maximum atomic E-state index is 5.27. The number of benzene rings is 2. The van der Waals surface area contributed by atoms with E-state index in [-0.39, 0.29) is 0 Å². The molecular weight excluding hydrogens is 308 g/mol. The van der Waals surface area contributed by atoms with Gasteiger partial charge in [-0.2, -0.15) is 0 Å². The number of aromatic nitrogens is 1. The molecule has 1 unspecified atom stereocenters. The molecule has 0 amide bonds. The van der Waals surface area contributed by atoms with Gasteiger partial charge in [-0.05, 0) is 48.0 Å². The molecule has 0 saturated heterocycles. The molecule has 0 aliphatic heterocycles. The number of nitrogens with zero attached hydrogens (tertiary/aromatic N) is 1. The van der Waals surface area contributed by atoms with Gasteiger partial charge in [0.05, 0.1) is 15.2 Å². The lowest BCUT2D eigenvalue weighted by Gasteiger charge is -1.97. The average Bonchev–Trinajstić information content (AvgIpc) is 2.99. The monoisotopic (exact) mass is 328 g/mol. The van der Waals surface area contributed by atoms with E-state index in [1.54, 1.807) is 0 Å². The minimum Gasteiger partial charge on any atom is -0.274 e. The van der Waals surface area contributed by atoms with E-state index in [1.807, 2.05) is 41.7 Å². The van der Waals surface area contributed by atoms with Crippen molar-refractivity contribution in [2.24, 2.45) is 10.6 Å². The van der Waals surface area contributed by atoms with Crippen LogP contribution < -0.4 is 5.14 Å². The smallest absolute Gasteiger partial charge is 0.0975 e. The molecule has 2 aromatic carbocycles. The van der Waals surface area contributed by atoms with Crippen molar-refractivity contribution in [3.8, 4) is 0 Å². The molecule has 1 fully saturated rings. The second kappa shape index (κ2) is 6.41. The van der Waals surface area contributed by atoms with Gasteiger partial charge in [0.2, 0.25) is 0 Å². The van der Waals surface area contributed by atoms with Crippen molar-refractivity contribution in [3.63, 3.8) is 0 Å². The van der Waals surface area contributed by atoms with Crippen LogP contribution in [0.1, 0.15) is 31.2 Å². The second-order valence-corrected chi connectivity index (χ2v) is 7.97. The summed E-state index contributed by atoms with van der Waals surface area (Å²) in [4.78, 5) is 5.79. The minimum absolute atomic E-state index is 0.494. The van der Waals surface area contributed by atoms with Crippen molar-refractivity contribution < 1.29 is 0 Å². The molecule has 4 rings (SSSR count). The molecule has 1 aliphatic rings. The number of para-hydroxylation sites is 1. The van der Waals surface area contributed by atoms with E-state index >= 15 is 0 Å². The Bertz CT molecular complexity index is 717. The molecular formula is C18H20N2S2. The molecule has 1 aromatic heterocycles. The van der Waals surface area contributed by atoms with Crippen molar-refractivity contribution in [3.05, 3.63) is 59.6 Å². The third-order valence-corrected chi connectivity index (χ3v) is 5.70. The van der Waals surface area contributed by atoms with Crippen LogP contribution in [0.25, 0.3) is 10.2 Å². The summed E-state index contributed by atoms with van der Waals surface area (Å²) in [6, 6.07) is 18.3. The molecule has 0 bridgehead atoms. The highest BCUT2D eigenvalue weighted by atomic mass is 32.2. The molecule has 4 heteroatoms. The third-order valence-electron chi connectivity index (χ3n) is 4.00. The van der Waals surface area contributed by atoms with E-state index in [0.717, 1.165) is 10.4 Å². The fourth-order valence-electron chi connectivity index (χ4n) is 2.43. The van der Waals surface area contributed by atoms with Gasteiger partial charge in [0, 0.05) is 10.8 Å². The Morgan fingerprint density at radius 2 is 1.73 bits per heavy atom. The first-order valence-electron chi connectivity index (χ1n) is 7.37. The molecule has 114 valence electrons. The first-order valence-corrected chi connectivity index (χ1v) is 9.07. The minimum atomic E-state index is 0.494. The van der Waals surface area contributed by atoms with Crippen molar-refractivity contribution >= 4 is 33.5 Å². The summed E-state index contributed by atoms with van der Waals surface area (Å²) >= 11 is 3.13. The zero-order valence-corrected chi connectivity index (χ0v) is 14.5. The lowest BCUT2D eigenvalue weighted by Crippen LogP contribution is -1.88. The first-order chi connectivity index (χ1) is 10.6. The molecule has 1 saturated carbocycles. The van der Waals surface area contributed by atoms with E-state index < -0.39 is 0 Å². The fourth-order valence-corrected chi connectivity index (χ4v) is 4.02. The molecule has 22 heavy (non-hydrogen) atoms. The third kappa shape index (κ3) is 3.51. The number of fused-ring (bicyclic) bond motifs is 1. The predicted molar refractivity (Wildman–Crippen MR) is 97.2 cm³/mol. The summed E-state index contributed by atoms with van der Waals surface area (Å²) in [7, 11) is 0. The van der Waals surface area contributed by atoms with E-state index in [0.29, 0.717) is 11.3 Å². The van der Waals surface area contributed by atoms with Crippen LogP contribution in [0.5, 0.6) is 0 Å². The summed E-state index contributed by atoms with van der Waals surface area (Å²) in [6.07, 6.45) is 1.30. The highest BCUT2D eigenvalue weighted by Crippen LogP contribution is 2.59. The molecule has 1 heterocycles. The fraction of sp³-hybridized carbons (Fsp3) is 0.278. The number of rotatable bonds is 2. The van der Waals surface area contributed by atoms with Gasteiger partial charge in [-0.15, -0.1) is 11.3 Å². The van der Waals surface area contributed by atoms with Gasteiger partial charge in [0.1, 0.15) is 0 Å². The molecule has 2 nitrogen and oxygen atoms in total. The van der Waals surface area contributed by atoms with Gasteiger partial charge in [-0.1, -0.05) is 44.2 Å². The molecule has 2 N–H and O–H groups in total. The van der Waals surface area contributed by atoms with Crippen LogP contribution in [-0.4, -0.2) is 4.98 Å². The second-order valence-electron chi connectivity index (χ2n) is 6.20. The highest BCUT2D eigenvalue weighted by Gasteiger charge is 2.48. The summed E-state index contributed by atoms with van der Waals surface area (Å²) in [5.74, 6) is 0.708. The number of hydrogen-bond acceptors (Lipinski definition) is 4. The summed E-state index contributed by atoms with van der Waals surface area (Å²) < 4.78 is 1.32. The maximum Gasteiger partial charge on any atom is 0.0975 e. The predicted octanol–water partition coefficient (Wildman–Crippen LogP) is 5.46. The van der Waals surface area contributed by atoms with Crippen LogP contribution in [0.15, 0.2) is 59.5 Å². The van der Waals surface area contributed by atoms with Crippen LogP contribution in [0.4, 0.5) is 0 Å². The van der Waals surface area contributed by atoms with E-state index in [2.05, 4.69) is 43.1 Å². The summed E-state index contributed by atoms with van der Waals surface area (Å²) in [5, 5.41) is 6.60. The van der Waals surface area contributed by atoms with Gasteiger partial charge < -0.3 is 0 Å². The standard InChI is InChI=1S/C12H13NS.C6H7NS/c1-12(2)7-8(12)11-13-9-5-3-4-6-10(9)14-11;7-8-6-4-2-1-3-5-6/h3-6,8H,7H2,1-2H3;1-5H,7H2. The van der Waals surface area contributed by atoms with Crippen LogP contribution in [-0.2, 0) is 0 Å². The normalized spacial score (nSPS) is 18.6.